The molecule has 0 saturated carbocycles. The van der Waals surface area contributed by atoms with Crippen molar-refractivity contribution >= 4 is 34.3 Å². The number of nitrogens with zero attached hydrogens (tertiary/aromatic N) is 2. The Bertz CT molecular complexity index is 1370. The number of alkyl halides is 3. The van der Waals surface area contributed by atoms with Gasteiger partial charge in [-0.15, -0.1) is 0 Å². The van der Waals surface area contributed by atoms with Crippen LogP contribution in [0, 0.1) is 5.82 Å². The lowest BCUT2D eigenvalue weighted by molar-refractivity contribution is -0.138. The number of carboxylic acid groups (broad SMARTS) is 1. The maximum Gasteiger partial charge on any atom is 0.416 e. The van der Waals surface area contributed by atoms with E-state index in [9.17, 15) is 37.1 Å². The average Bonchev–Trinajstić information content (AvgIpc) is 3.06. The fraction of sp³-hybridized carbons (Fsp3) is 0.182. The largest absolute Gasteiger partial charge is 0.481 e. The molecule has 1 aromatic heterocycles. The van der Waals surface area contributed by atoms with Crippen LogP contribution in [0.15, 0.2) is 41.4 Å². The van der Waals surface area contributed by atoms with Crippen molar-refractivity contribution in [1.29, 1.82) is 0 Å². The normalized spacial score (nSPS) is 13.7. The third-order valence-corrected chi connectivity index (χ3v) is 5.38. The van der Waals surface area contributed by atoms with Gasteiger partial charge in [-0.2, -0.15) is 13.2 Å². The van der Waals surface area contributed by atoms with Crippen molar-refractivity contribution in [2.75, 3.05) is 6.54 Å². The van der Waals surface area contributed by atoms with E-state index in [4.69, 9.17) is 5.73 Å². The molecule has 0 spiro atoms. The van der Waals surface area contributed by atoms with Gasteiger partial charge in [-0.25, -0.2) is 4.39 Å². The average molecular weight is 461 g/mol. The first-order chi connectivity index (χ1) is 15.5. The molecule has 2 heterocycles. The van der Waals surface area contributed by atoms with Gasteiger partial charge in [-0.05, 0) is 24.3 Å². The summed E-state index contributed by atoms with van der Waals surface area (Å²) in [4.78, 5) is 40.2. The van der Waals surface area contributed by atoms with E-state index in [1.807, 2.05) is 0 Å². The SMILES string of the molecule is NC(=O)c1cccc2c1c1c(n2Cc2c(F)cccc2C(F)(F)F)C(CC(=O)O)=NCC1=O. The molecule has 0 aliphatic carbocycles. The molecule has 1 aliphatic heterocycles. The zero-order chi connectivity index (χ0) is 24.1. The molecule has 33 heavy (non-hydrogen) atoms. The molecule has 3 N–H and O–H groups in total. The Labute approximate surface area is 183 Å². The van der Waals surface area contributed by atoms with E-state index < -0.39 is 60.3 Å². The highest BCUT2D eigenvalue weighted by Gasteiger charge is 2.36. The summed E-state index contributed by atoms with van der Waals surface area (Å²) in [6.07, 6.45) is -5.50. The lowest BCUT2D eigenvalue weighted by Gasteiger charge is -2.19. The first-order valence-corrected chi connectivity index (χ1v) is 9.59. The zero-order valence-corrected chi connectivity index (χ0v) is 16.7. The molecule has 0 unspecified atom stereocenters. The molecule has 0 saturated heterocycles. The van der Waals surface area contributed by atoms with E-state index in [1.165, 1.54) is 22.8 Å². The summed E-state index contributed by atoms with van der Waals surface area (Å²) in [5, 5.41) is 9.36. The van der Waals surface area contributed by atoms with Crippen LogP contribution in [0.25, 0.3) is 10.9 Å². The molecular weight excluding hydrogens is 446 g/mol. The van der Waals surface area contributed by atoms with Gasteiger partial charge in [-0.3, -0.25) is 19.4 Å². The molecule has 0 bridgehead atoms. The van der Waals surface area contributed by atoms with Gasteiger partial charge in [0.1, 0.15) is 12.4 Å². The van der Waals surface area contributed by atoms with Crippen LogP contribution in [0.1, 0.15) is 44.0 Å². The number of benzene rings is 2. The molecule has 7 nitrogen and oxygen atoms in total. The Morgan fingerprint density at radius 1 is 1.15 bits per heavy atom. The molecular formula is C22H15F4N3O4. The number of aromatic nitrogens is 1. The monoisotopic (exact) mass is 461 g/mol. The number of Topliss-reactive ketones (excluding diaryl/α,β-unsaturated/α-hetero) is 1. The summed E-state index contributed by atoms with van der Waals surface area (Å²) < 4.78 is 56.6. The topological polar surface area (TPSA) is 115 Å². The minimum Gasteiger partial charge on any atom is -0.481 e. The Balaban J connectivity index is 2.08. The van der Waals surface area contributed by atoms with Gasteiger partial charge >= 0.3 is 12.1 Å². The molecule has 0 fully saturated rings. The van der Waals surface area contributed by atoms with Gasteiger partial charge in [0.25, 0.3) is 0 Å². The third-order valence-electron chi connectivity index (χ3n) is 5.38. The highest BCUT2D eigenvalue weighted by molar-refractivity contribution is 6.26. The number of fused-ring (bicyclic) bond motifs is 3. The molecule has 11 heteroatoms. The molecule has 0 radical (unpaired) electrons. The number of carbonyl (C=O) groups excluding carboxylic acids is 2. The first-order valence-electron chi connectivity index (χ1n) is 9.59. The summed E-state index contributed by atoms with van der Waals surface area (Å²) in [6.45, 7) is -1.10. The number of carboxylic acids is 1. The Morgan fingerprint density at radius 2 is 1.85 bits per heavy atom. The maximum absolute atomic E-state index is 14.6. The van der Waals surface area contributed by atoms with Crippen LogP contribution in [-0.2, 0) is 17.5 Å². The molecule has 4 rings (SSSR count). The van der Waals surface area contributed by atoms with E-state index in [2.05, 4.69) is 4.99 Å². The number of halogens is 4. The summed E-state index contributed by atoms with van der Waals surface area (Å²) in [5.74, 6) is -3.88. The van der Waals surface area contributed by atoms with Crippen molar-refractivity contribution in [2.24, 2.45) is 10.7 Å². The van der Waals surface area contributed by atoms with Crippen molar-refractivity contribution in [3.63, 3.8) is 0 Å². The Morgan fingerprint density at radius 3 is 2.48 bits per heavy atom. The van der Waals surface area contributed by atoms with Gasteiger partial charge in [0.05, 0.1) is 41.0 Å². The van der Waals surface area contributed by atoms with Gasteiger partial charge in [0, 0.05) is 16.5 Å². The second kappa shape index (κ2) is 7.84. The molecule has 3 aromatic rings. The summed E-state index contributed by atoms with van der Waals surface area (Å²) in [5.41, 5.74) is 3.35. The van der Waals surface area contributed by atoms with Crippen LogP contribution in [0.5, 0.6) is 0 Å². The fourth-order valence-electron chi connectivity index (χ4n) is 4.09. The smallest absolute Gasteiger partial charge is 0.416 e. The number of hydrogen-bond donors (Lipinski definition) is 2. The minimum atomic E-state index is -4.87. The molecule has 170 valence electrons. The van der Waals surface area contributed by atoms with E-state index in [-0.39, 0.29) is 33.4 Å². The molecule has 1 aliphatic rings. The predicted octanol–water partition coefficient (Wildman–Crippen LogP) is 3.41. The van der Waals surface area contributed by atoms with Crippen LogP contribution in [-0.4, -0.2) is 39.6 Å². The zero-order valence-electron chi connectivity index (χ0n) is 16.7. The number of primary amides is 1. The van der Waals surface area contributed by atoms with Gasteiger partial charge in [0.2, 0.25) is 5.91 Å². The van der Waals surface area contributed by atoms with Crippen molar-refractivity contribution in [3.8, 4) is 0 Å². The van der Waals surface area contributed by atoms with Crippen LogP contribution < -0.4 is 5.73 Å². The first kappa shape index (κ1) is 22.2. The standard InChI is InChI=1S/C22H15F4N3O4/c23-13-5-2-4-12(22(24,25)26)11(13)9-29-15-6-1-3-10(21(27)33)18(15)19-16(30)8-28-14(20(19)29)7-17(31)32/h1-6H,7-9H2,(H2,27,33)(H,31,32). The summed E-state index contributed by atoms with van der Waals surface area (Å²) in [7, 11) is 0. The van der Waals surface area contributed by atoms with E-state index in [1.54, 1.807) is 0 Å². The second-order valence-corrected chi connectivity index (χ2v) is 7.39. The van der Waals surface area contributed by atoms with Crippen molar-refractivity contribution in [1.82, 2.24) is 4.57 Å². The lowest BCUT2D eigenvalue weighted by atomic mass is 9.96. The number of rotatable bonds is 5. The number of amides is 1. The number of carbonyl (C=O) groups is 3. The highest BCUT2D eigenvalue weighted by Crippen LogP contribution is 2.37. The minimum absolute atomic E-state index is 0.0627. The van der Waals surface area contributed by atoms with Gasteiger partial charge in [-0.1, -0.05) is 12.1 Å². The van der Waals surface area contributed by atoms with Crippen LogP contribution in [0.3, 0.4) is 0 Å². The van der Waals surface area contributed by atoms with Crippen molar-refractivity contribution in [2.45, 2.75) is 19.1 Å². The van der Waals surface area contributed by atoms with Crippen molar-refractivity contribution in [3.05, 3.63) is 70.2 Å². The van der Waals surface area contributed by atoms with Crippen LogP contribution in [0.2, 0.25) is 0 Å². The van der Waals surface area contributed by atoms with E-state index >= 15 is 0 Å². The second-order valence-electron chi connectivity index (χ2n) is 7.39. The summed E-state index contributed by atoms with van der Waals surface area (Å²) in [6, 6.07) is 6.71. The van der Waals surface area contributed by atoms with E-state index in [0.717, 1.165) is 18.2 Å². The van der Waals surface area contributed by atoms with Crippen LogP contribution >= 0.6 is 0 Å². The molecule has 2 aromatic carbocycles. The number of hydrogen-bond acceptors (Lipinski definition) is 4. The Hall–Kier alpha value is -4.02. The number of nitrogens with two attached hydrogens (primary N) is 1. The molecule has 0 atom stereocenters. The van der Waals surface area contributed by atoms with Crippen molar-refractivity contribution < 1.29 is 37.1 Å². The molecule has 1 amide bonds. The van der Waals surface area contributed by atoms with Crippen LogP contribution in [0.4, 0.5) is 17.6 Å². The highest BCUT2D eigenvalue weighted by atomic mass is 19.4. The lowest BCUT2D eigenvalue weighted by Crippen LogP contribution is -2.24. The van der Waals surface area contributed by atoms with Gasteiger partial charge < -0.3 is 15.4 Å². The summed E-state index contributed by atoms with van der Waals surface area (Å²) >= 11 is 0. The number of aliphatic carboxylic acids is 1. The van der Waals surface area contributed by atoms with Gasteiger partial charge in [0.15, 0.2) is 5.78 Å². The van der Waals surface area contributed by atoms with E-state index in [0.29, 0.717) is 0 Å². The Kier molecular flexibility index (Phi) is 5.27. The number of aliphatic imine (C=N–C) groups is 1. The quantitative estimate of drug-likeness (QED) is 0.567. The fourth-order valence-corrected chi connectivity index (χ4v) is 4.09. The predicted molar refractivity (Wildman–Crippen MR) is 109 cm³/mol. The maximum atomic E-state index is 14.6. The number of ketones is 1. The third kappa shape index (κ3) is 3.75.